The Hall–Kier alpha value is -2.95. The molecule has 3 rings (SSSR count). The molecule has 0 spiro atoms. The summed E-state index contributed by atoms with van der Waals surface area (Å²) in [5.74, 6) is 0.759. The monoisotopic (exact) mass is 307 g/mol. The van der Waals surface area contributed by atoms with E-state index in [-0.39, 0.29) is 18.1 Å². The molecule has 0 saturated heterocycles. The minimum atomic E-state index is -0.101. The van der Waals surface area contributed by atoms with E-state index >= 15 is 0 Å². The maximum absolute atomic E-state index is 12.1. The number of amides is 1. The first-order valence-electron chi connectivity index (χ1n) is 7.37. The van der Waals surface area contributed by atoms with Gasteiger partial charge in [-0.25, -0.2) is 4.98 Å². The average molecular weight is 307 g/mol. The van der Waals surface area contributed by atoms with Gasteiger partial charge in [0, 0.05) is 11.3 Å². The second-order valence-corrected chi connectivity index (χ2v) is 5.53. The normalized spacial score (nSPS) is 10.7. The Morgan fingerprint density at radius 2 is 1.87 bits per heavy atom. The van der Waals surface area contributed by atoms with Gasteiger partial charge in [0.2, 0.25) is 5.91 Å². The Bertz CT molecular complexity index is 879. The molecule has 0 bridgehead atoms. The summed E-state index contributed by atoms with van der Waals surface area (Å²) < 4.78 is 0. The highest BCUT2D eigenvalue weighted by molar-refractivity contribution is 5.96. The lowest BCUT2D eigenvalue weighted by molar-refractivity contribution is -0.115. The zero-order valence-electron chi connectivity index (χ0n) is 13.0. The third-order valence-electron chi connectivity index (χ3n) is 3.60. The lowest BCUT2D eigenvalue weighted by Crippen LogP contribution is -2.14. The molecule has 116 valence electrons. The van der Waals surface area contributed by atoms with Gasteiger partial charge in [-0.05, 0) is 55.8 Å². The number of benzene rings is 2. The molecule has 0 radical (unpaired) electrons. The number of nitrogens with one attached hydrogen (secondary N) is 2. The van der Waals surface area contributed by atoms with Crippen LogP contribution in [0.15, 0.2) is 42.5 Å². The molecule has 0 aliphatic rings. The first kappa shape index (κ1) is 15.0. The molecular weight excluding hydrogens is 290 g/mol. The fourth-order valence-electron chi connectivity index (χ4n) is 2.47. The molecule has 0 fully saturated rings. The maximum atomic E-state index is 12.1. The van der Waals surface area contributed by atoms with Crippen LogP contribution in [0.25, 0.3) is 11.0 Å². The standard InChI is InChI=1S/C18H17N3O2/c1-11(22)14-4-6-15(7-5-14)21-18(23)10-13-3-8-16-17(9-13)20-12(2)19-16/h3-9H,10H2,1-2H3,(H,19,20)(H,21,23). The van der Waals surface area contributed by atoms with Crippen LogP contribution in [-0.2, 0) is 11.2 Å². The van der Waals surface area contributed by atoms with Crippen LogP contribution in [-0.4, -0.2) is 21.7 Å². The number of aromatic nitrogens is 2. The first-order valence-corrected chi connectivity index (χ1v) is 7.37. The van der Waals surface area contributed by atoms with Crippen LogP contribution in [0.2, 0.25) is 0 Å². The lowest BCUT2D eigenvalue weighted by Gasteiger charge is -2.06. The Morgan fingerprint density at radius 3 is 2.57 bits per heavy atom. The number of aromatic amines is 1. The molecule has 0 saturated carbocycles. The molecule has 0 aliphatic carbocycles. The van der Waals surface area contributed by atoms with Crippen molar-refractivity contribution in [2.45, 2.75) is 20.3 Å². The van der Waals surface area contributed by atoms with Gasteiger partial charge in [0.05, 0.1) is 17.5 Å². The molecule has 2 aromatic carbocycles. The van der Waals surface area contributed by atoms with E-state index in [1.807, 2.05) is 25.1 Å². The number of hydrogen-bond acceptors (Lipinski definition) is 3. The van der Waals surface area contributed by atoms with Crippen molar-refractivity contribution in [3.05, 3.63) is 59.4 Å². The van der Waals surface area contributed by atoms with Crippen molar-refractivity contribution >= 4 is 28.4 Å². The molecule has 1 aromatic heterocycles. The molecule has 0 unspecified atom stereocenters. The topological polar surface area (TPSA) is 74.8 Å². The highest BCUT2D eigenvalue weighted by atomic mass is 16.1. The van der Waals surface area contributed by atoms with Gasteiger partial charge in [0.25, 0.3) is 0 Å². The van der Waals surface area contributed by atoms with Crippen molar-refractivity contribution in [3.8, 4) is 0 Å². The van der Waals surface area contributed by atoms with Gasteiger partial charge in [0.1, 0.15) is 5.82 Å². The molecule has 3 aromatic rings. The number of nitrogens with zero attached hydrogens (tertiary/aromatic N) is 1. The molecule has 5 nitrogen and oxygen atoms in total. The van der Waals surface area contributed by atoms with Gasteiger partial charge in [-0.1, -0.05) is 6.07 Å². The van der Waals surface area contributed by atoms with Crippen molar-refractivity contribution in [3.63, 3.8) is 0 Å². The molecule has 23 heavy (non-hydrogen) atoms. The van der Waals surface area contributed by atoms with E-state index in [4.69, 9.17) is 0 Å². The third kappa shape index (κ3) is 3.45. The molecule has 2 N–H and O–H groups in total. The number of fused-ring (bicyclic) bond motifs is 1. The van der Waals surface area contributed by atoms with Crippen molar-refractivity contribution in [2.75, 3.05) is 5.32 Å². The molecule has 0 aliphatic heterocycles. The van der Waals surface area contributed by atoms with Crippen molar-refractivity contribution in [1.29, 1.82) is 0 Å². The zero-order valence-corrected chi connectivity index (χ0v) is 13.0. The van der Waals surface area contributed by atoms with E-state index in [2.05, 4.69) is 15.3 Å². The van der Waals surface area contributed by atoms with E-state index < -0.39 is 0 Å². The summed E-state index contributed by atoms with van der Waals surface area (Å²) in [5.41, 5.74) is 4.05. The first-order chi connectivity index (χ1) is 11.0. The fraction of sp³-hybridized carbons (Fsp3) is 0.167. The SMILES string of the molecule is CC(=O)c1ccc(NC(=O)Cc2ccc3nc(C)[nH]c3c2)cc1. The molecular formula is C18H17N3O2. The highest BCUT2D eigenvalue weighted by Crippen LogP contribution is 2.15. The average Bonchev–Trinajstić information content (AvgIpc) is 2.87. The van der Waals surface area contributed by atoms with E-state index in [1.165, 1.54) is 6.92 Å². The van der Waals surface area contributed by atoms with Gasteiger partial charge in [-0.15, -0.1) is 0 Å². The Morgan fingerprint density at radius 1 is 1.13 bits per heavy atom. The molecule has 0 atom stereocenters. The quantitative estimate of drug-likeness (QED) is 0.726. The van der Waals surface area contributed by atoms with E-state index in [1.54, 1.807) is 24.3 Å². The number of ketones is 1. The number of aryl methyl sites for hydroxylation is 1. The summed E-state index contributed by atoms with van der Waals surface area (Å²) in [6, 6.07) is 12.6. The molecule has 1 amide bonds. The van der Waals surface area contributed by atoms with E-state index in [9.17, 15) is 9.59 Å². The minimum absolute atomic E-state index is 0.00558. The highest BCUT2D eigenvalue weighted by Gasteiger charge is 2.07. The van der Waals surface area contributed by atoms with Gasteiger partial charge < -0.3 is 10.3 Å². The summed E-state index contributed by atoms with van der Waals surface area (Å²) >= 11 is 0. The third-order valence-corrected chi connectivity index (χ3v) is 3.60. The van der Waals surface area contributed by atoms with Gasteiger partial charge >= 0.3 is 0 Å². The number of carbonyl (C=O) groups is 2. The lowest BCUT2D eigenvalue weighted by atomic mass is 10.1. The predicted molar refractivity (Wildman–Crippen MR) is 89.6 cm³/mol. The second-order valence-electron chi connectivity index (χ2n) is 5.53. The summed E-state index contributed by atoms with van der Waals surface area (Å²) in [7, 11) is 0. The van der Waals surface area contributed by atoms with Crippen LogP contribution in [0.3, 0.4) is 0 Å². The smallest absolute Gasteiger partial charge is 0.228 e. The largest absolute Gasteiger partial charge is 0.342 e. The van der Waals surface area contributed by atoms with Crippen LogP contribution in [0.1, 0.15) is 28.7 Å². The predicted octanol–water partition coefficient (Wildman–Crippen LogP) is 3.26. The number of hydrogen-bond donors (Lipinski definition) is 2. The van der Waals surface area contributed by atoms with E-state index in [0.717, 1.165) is 22.4 Å². The minimum Gasteiger partial charge on any atom is -0.342 e. The maximum Gasteiger partial charge on any atom is 0.228 e. The number of carbonyl (C=O) groups excluding carboxylic acids is 2. The van der Waals surface area contributed by atoms with E-state index in [0.29, 0.717) is 11.3 Å². The van der Waals surface area contributed by atoms with Crippen LogP contribution < -0.4 is 5.32 Å². The summed E-state index contributed by atoms with van der Waals surface area (Å²) in [6.07, 6.45) is 0.280. The van der Waals surface area contributed by atoms with Gasteiger partial charge in [-0.3, -0.25) is 9.59 Å². The Balaban J connectivity index is 1.69. The number of Topliss-reactive ketones (excluding diaryl/α,β-unsaturated/α-hetero) is 1. The Labute approximate surface area is 133 Å². The van der Waals surface area contributed by atoms with Crippen molar-refractivity contribution in [1.82, 2.24) is 9.97 Å². The van der Waals surface area contributed by atoms with Crippen molar-refractivity contribution in [2.24, 2.45) is 0 Å². The number of anilines is 1. The molecule has 1 heterocycles. The van der Waals surface area contributed by atoms with Crippen molar-refractivity contribution < 1.29 is 9.59 Å². The molecule has 5 heteroatoms. The Kier molecular flexibility index (Phi) is 3.93. The second kappa shape index (κ2) is 6.04. The number of H-pyrrole nitrogens is 1. The fourth-order valence-corrected chi connectivity index (χ4v) is 2.47. The summed E-state index contributed by atoms with van der Waals surface area (Å²) in [5, 5.41) is 2.83. The van der Waals surface area contributed by atoms with Crippen LogP contribution in [0.4, 0.5) is 5.69 Å². The van der Waals surface area contributed by atoms with Crippen LogP contribution >= 0.6 is 0 Å². The van der Waals surface area contributed by atoms with Crippen LogP contribution in [0.5, 0.6) is 0 Å². The van der Waals surface area contributed by atoms with Crippen LogP contribution in [0, 0.1) is 6.92 Å². The van der Waals surface area contributed by atoms with Gasteiger partial charge in [-0.2, -0.15) is 0 Å². The zero-order chi connectivity index (χ0) is 16.4. The number of rotatable bonds is 4. The number of imidazole rings is 1. The summed E-state index contributed by atoms with van der Waals surface area (Å²) in [4.78, 5) is 30.9. The summed E-state index contributed by atoms with van der Waals surface area (Å²) in [6.45, 7) is 3.41. The van der Waals surface area contributed by atoms with Gasteiger partial charge in [0.15, 0.2) is 5.78 Å².